The molecular weight excluding hydrogens is 198 g/mol. The number of hydrogen-bond donors (Lipinski definition) is 1. The summed E-state index contributed by atoms with van der Waals surface area (Å²) in [7, 11) is 0. The number of rotatable bonds is 6. The molecule has 1 unspecified atom stereocenters. The van der Waals surface area contributed by atoms with Crippen LogP contribution in [0.5, 0.6) is 0 Å². The molecule has 1 atom stereocenters. The lowest BCUT2D eigenvalue weighted by Gasteiger charge is -2.24. The first-order chi connectivity index (χ1) is 7.81. The quantitative estimate of drug-likeness (QED) is 0.795. The Hall–Kier alpha value is -0.860. The van der Waals surface area contributed by atoms with Crippen molar-refractivity contribution in [2.24, 2.45) is 0 Å². The first kappa shape index (κ1) is 11.6. The van der Waals surface area contributed by atoms with Crippen molar-refractivity contribution >= 4 is 0 Å². The summed E-state index contributed by atoms with van der Waals surface area (Å²) in [5.74, 6) is 0. The van der Waals surface area contributed by atoms with Gasteiger partial charge in [0.2, 0.25) is 0 Å². The van der Waals surface area contributed by atoms with Crippen LogP contribution in [0, 0.1) is 0 Å². The van der Waals surface area contributed by atoms with Gasteiger partial charge in [-0.3, -0.25) is 4.90 Å². The van der Waals surface area contributed by atoms with Crippen LogP contribution in [0.2, 0.25) is 0 Å². The fourth-order valence-corrected chi connectivity index (χ4v) is 2.15. The molecule has 1 aromatic rings. The second-order valence-electron chi connectivity index (χ2n) is 4.65. The zero-order valence-electron chi connectivity index (χ0n) is 9.97. The maximum atomic E-state index is 10.2. The lowest BCUT2D eigenvalue weighted by molar-refractivity contribution is 0.108. The Morgan fingerprint density at radius 3 is 2.56 bits per heavy atom. The van der Waals surface area contributed by atoms with Crippen LogP contribution in [0.3, 0.4) is 0 Å². The minimum atomic E-state index is -0.339. The maximum absolute atomic E-state index is 10.2. The molecule has 0 saturated heterocycles. The summed E-state index contributed by atoms with van der Waals surface area (Å²) in [5, 5.41) is 10.2. The van der Waals surface area contributed by atoms with E-state index in [0.717, 1.165) is 31.1 Å². The summed E-state index contributed by atoms with van der Waals surface area (Å²) in [5.41, 5.74) is 1.03. The third-order valence-electron chi connectivity index (χ3n) is 3.17. The van der Waals surface area contributed by atoms with Gasteiger partial charge < -0.3 is 5.11 Å². The smallest absolute Gasteiger partial charge is 0.0917 e. The van der Waals surface area contributed by atoms with Gasteiger partial charge in [-0.1, -0.05) is 37.3 Å². The van der Waals surface area contributed by atoms with E-state index >= 15 is 0 Å². The Balaban J connectivity index is 1.92. The highest BCUT2D eigenvalue weighted by molar-refractivity contribution is 5.17. The van der Waals surface area contributed by atoms with Crippen molar-refractivity contribution in [1.29, 1.82) is 0 Å². The average molecular weight is 219 g/mol. The molecule has 1 saturated carbocycles. The molecule has 1 N–H and O–H groups in total. The van der Waals surface area contributed by atoms with E-state index in [1.165, 1.54) is 12.8 Å². The molecule has 2 rings (SSSR count). The Labute approximate surface area is 97.9 Å². The van der Waals surface area contributed by atoms with Crippen LogP contribution in [0.15, 0.2) is 30.3 Å². The molecule has 1 aliphatic rings. The number of nitrogens with zero attached hydrogens (tertiary/aromatic N) is 1. The standard InChI is InChI=1S/C14H21NO/c1-2-10-15(13-8-9-13)11-14(16)12-6-4-3-5-7-12/h3-7,13-14,16H,2,8-11H2,1H3. The van der Waals surface area contributed by atoms with Crippen LogP contribution in [0.4, 0.5) is 0 Å². The van der Waals surface area contributed by atoms with Crippen LogP contribution < -0.4 is 0 Å². The minimum absolute atomic E-state index is 0.339. The van der Waals surface area contributed by atoms with Crippen molar-refractivity contribution in [3.8, 4) is 0 Å². The monoisotopic (exact) mass is 219 g/mol. The Morgan fingerprint density at radius 1 is 1.31 bits per heavy atom. The number of hydrogen-bond acceptors (Lipinski definition) is 2. The zero-order chi connectivity index (χ0) is 11.4. The molecular formula is C14H21NO. The highest BCUT2D eigenvalue weighted by atomic mass is 16.3. The first-order valence-corrected chi connectivity index (χ1v) is 6.28. The Morgan fingerprint density at radius 2 is 2.00 bits per heavy atom. The van der Waals surface area contributed by atoms with Crippen LogP contribution >= 0.6 is 0 Å². The average Bonchev–Trinajstić information content (AvgIpc) is 3.13. The number of aliphatic hydroxyl groups is 1. The molecule has 0 amide bonds. The van der Waals surface area contributed by atoms with E-state index in [-0.39, 0.29) is 6.10 Å². The lowest BCUT2D eigenvalue weighted by Crippen LogP contribution is -2.31. The topological polar surface area (TPSA) is 23.5 Å². The number of aliphatic hydroxyl groups excluding tert-OH is 1. The molecule has 0 aliphatic heterocycles. The molecule has 0 radical (unpaired) electrons. The highest BCUT2D eigenvalue weighted by Crippen LogP contribution is 2.28. The summed E-state index contributed by atoms with van der Waals surface area (Å²) in [6.45, 7) is 4.08. The molecule has 0 spiro atoms. The third kappa shape index (κ3) is 3.06. The lowest BCUT2D eigenvalue weighted by atomic mass is 10.1. The van der Waals surface area contributed by atoms with E-state index in [1.54, 1.807) is 0 Å². The van der Waals surface area contributed by atoms with Crippen LogP contribution in [0.1, 0.15) is 37.9 Å². The largest absolute Gasteiger partial charge is 0.387 e. The van der Waals surface area contributed by atoms with Crippen LogP contribution in [0.25, 0.3) is 0 Å². The first-order valence-electron chi connectivity index (χ1n) is 6.28. The highest BCUT2D eigenvalue weighted by Gasteiger charge is 2.29. The van der Waals surface area contributed by atoms with Crippen molar-refractivity contribution in [1.82, 2.24) is 4.90 Å². The third-order valence-corrected chi connectivity index (χ3v) is 3.17. The summed E-state index contributed by atoms with van der Waals surface area (Å²) < 4.78 is 0. The van der Waals surface area contributed by atoms with E-state index in [4.69, 9.17) is 0 Å². The molecule has 2 nitrogen and oxygen atoms in total. The maximum Gasteiger partial charge on any atom is 0.0917 e. The van der Waals surface area contributed by atoms with E-state index in [0.29, 0.717) is 0 Å². The van der Waals surface area contributed by atoms with Gasteiger partial charge >= 0.3 is 0 Å². The molecule has 0 heterocycles. The van der Waals surface area contributed by atoms with Gasteiger partial charge in [0.1, 0.15) is 0 Å². The van der Waals surface area contributed by atoms with Gasteiger partial charge in [-0.2, -0.15) is 0 Å². The molecule has 16 heavy (non-hydrogen) atoms. The van der Waals surface area contributed by atoms with Gasteiger partial charge in [0.15, 0.2) is 0 Å². The van der Waals surface area contributed by atoms with Gasteiger partial charge in [0.25, 0.3) is 0 Å². The van der Waals surface area contributed by atoms with Gasteiger partial charge in [0.05, 0.1) is 6.10 Å². The van der Waals surface area contributed by atoms with Crippen molar-refractivity contribution in [2.45, 2.75) is 38.3 Å². The van der Waals surface area contributed by atoms with Crippen LogP contribution in [-0.4, -0.2) is 29.1 Å². The molecule has 1 fully saturated rings. The summed E-state index contributed by atoms with van der Waals surface area (Å²) in [4.78, 5) is 2.43. The normalized spacial score (nSPS) is 17.7. The number of benzene rings is 1. The Bertz CT molecular complexity index is 308. The summed E-state index contributed by atoms with van der Waals surface area (Å²) >= 11 is 0. The predicted octanol–water partition coefficient (Wildman–Crippen LogP) is 2.59. The predicted molar refractivity (Wildman–Crippen MR) is 66.3 cm³/mol. The summed E-state index contributed by atoms with van der Waals surface area (Å²) in [6, 6.07) is 10.7. The van der Waals surface area contributed by atoms with Crippen LogP contribution in [-0.2, 0) is 0 Å². The van der Waals surface area contributed by atoms with Crippen molar-refractivity contribution in [3.63, 3.8) is 0 Å². The zero-order valence-corrected chi connectivity index (χ0v) is 9.97. The molecule has 0 bridgehead atoms. The fraction of sp³-hybridized carbons (Fsp3) is 0.571. The summed E-state index contributed by atoms with van der Waals surface area (Å²) in [6.07, 6.45) is 3.44. The second-order valence-corrected chi connectivity index (χ2v) is 4.65. The van der Waals surface area contributed by atoms with Gasteiger partial charge in [-0.15, -0.1) is 0 Å². The second kappa shape index (κ2) is 5.46. The molecule has 2 heteroatoms. The molecule has 0 aromatic heterocycles. The fourth-order valence-electron chi connectivity index (χ4n) is 2.15. The van der Waals surface area contributed by atoms with Crippen molar-refractivity contribution in [3.05, 3.63) is 35.9 Å². The molecule has 1 aromatic carbocycles. The molecule has 1 aliphatic carbocycles. The van der Waals surface area contributed by atoms with Crippen molar-refractivity contribution < 1.29 is 5.11 Å². The van der Waals surface area contributed by atoms with Crippen molar-refractivity contribution in [2.75, 3.05) is 13.1 Å². The van der Waals surface area contributed by atoms with E-state index in [2.05, 4.69) is 11.8 Å². The van der Waals surface area contributed by atoms with Gasteiger partial charge in [0, 0.05) is 12.6 Å². The minimum Gasteiger partial charge on any atom is -0.387 e. The van der Waals surface area contributed by atoms with Gasteiger partial charge in [-0.05, 0) is 31.4 Å². The van der Waals surface area contributed by atoms with E-state index in [9.17, 15) is 5.11 Å². The SMILES string of the molecule is CCCN(CC(O)c1ccccc1)C1CC1. The molecule has 88 valence electrons. The van der Waals surface area contributed by atoms with E-state index < -0.39 is 0 Å². The van der Waals surface area contributed by atoms with Gasteiger partial charge in [-0.25, -0.2) is 0 Å². The van der Waals surface area contributed by atoms with E-state index in [1.807, 2.05) is 30.3 Å². The Kier molecular flexibility index (Phi) is 3.97.